The highest BCUT2D eigenvalue weighted by molar-refractivity contribution is 5.18. The average molecular weight is 296 g/mol. The summed E-state index contributed by atoms with van der Waals surface area (Å²) in [6, 6.07) is 0.376. The fraction of sp³-hybridized carbons (Fsp3) is 0.882. The Kier molecular flexibility index (Phi) is 6.52. The molecule has 2 aliphatic heterocycles. The normalized spacial score (nSPS) is 24.8. The van der Waals surface area contributed by atoms with Gasteiger partial charge in [-0.05, 0) is 44.7 Å². The summed E-state index contributed by atoms with van der Waals surface area (Å²) < 4.78 is 11.2. The van der Waals surface area contributed by atoms with Crippen molar-refractivity contribution in [3.05, 3.63) is 11.8 Å². The molecule has 1 N–H and O–H groups in total. The molecule has 0 aromatic heterocycles. The van der Waals surface area contributed by atoms with E-state index in [-0.39, 0.29) is 5.54 Å². The lowest BCUT2D eigenvalue weighted by Gasteiger charge is -2.49. The molecule has 0 radical (unpaired) electrons. The lowest BCUT2D eigenvalue weighted by atomic mass is 9.81. The fourth-order valence-electron chi connectivity index (χ4n) is 3.52. The lowest BCUT2D eigenvalue weighted by molar-refractivity contribution is -0.0287. The van der Waals surface area contributed by atoms with Gasteiger partial charge < -0.3 is 14.8 Å². The summed E-state index contributed by atoms with van der Waals surface area (Å²) in [4.78, 5) is 2.61. The third-order valence-corrected chi connectivity index (χ3v) is 5.00. The maximum Gasteiger partial charge on any atom is 0.0876 e. The van der Waals surface area contributed by atoms with Crippen molar-refractivity contribution in [1.29, 1.82) is 0 Å². The third kappa shape index (κ3) is 3.99. The van der Waals surface area contributed by atoms with E-state index in [4.69, 9.17) is 9.47 Å². The van der Waals surface area contributed by atoms with Gasteiger partial charge in [0, 0.05) is 24.7 Å². The van der Waals surface area contributed by atoms with Crippen LogP contribution < -0.4 is 5.32 Å². The van der Waals surface area contributed by atoms with E-state index < -0.39 is 0 Å². The Morgan fingerprint density at radius 1 is 1.29 bits per heavy atom. The molecule has 4 heteroatoms. The van der Waals surface area contributed by atoms with Crippen LogP contribution in [0.3, 0.4) is 0 Å². The zero-order valence-corrected chi connectivity index (χ0v) is 14.0. The van der Waals surface area contributed by atoms with E-state index >= 15 is 0 Å². The van der Waals surface area contributed by atoms with E-state index in [1.807, 2.05) is 6.26 Å². The number of rotatable bonds is 7. The monoisotopic (exact) mass is 296 g/mol. The molecule has 0 aromatic rings. The molecule has 0 bridgehead atoms. The van der Waals surface area contributed by atoms with Crippen molar-refractivity contribution in [3.63, 3.8) is 0 Å². The smallest absolute Gasteiger partial charge is 0.0876 e. The van der Waals surface area contributed by atoms with Gasteiger partial charge in [-0.1, -0.05) is 13.8 Å². The number of morpholine rings is 1. The van der Waals surface area contributed by atoms with Crippen LogP contribution in [0.2, 0.25) is 0 Å². The van der Waals surface area contributed by atoms with Crippen molar-refractivity contribution in [2.75, 3.05) is 39.5 Å². The van der Waals surface area contributed by atoms with Crippen LogP contribution in [0, 0.1) is 0 Å². The highest BCUT2D eigenvalue weighted by Gasteiger charge is 2.40. The molecular weight excluding hydrogens is 264 g/mol. The molecule has 2 aliphatic rings. The standard InChI is InChI=1S/C17H32N2O2/c1-4-8-18-16(15-7-6-11-21-14-15)17(3,5-2)19-9-12-20-13-10-19/h14,16,18H,4-13H2,1-3H3. The first-order valence-electron chi connectivity index (χ1n) is 8.59. The summed E-state index contributed by atoms with van der Waals surface area (Å²) in [6.45, 7) is 12.6. The van der Waals surface area contributed by atoms with Gasteiger partial charge in [-0.15, -0.1) is 0 Å². The van der Waals surface area contributed by atoms with E-state index in [9.17, 15) is 0 Å². The van der Waals surface area contributed by atoms with Gasteiger partial charge in [0.1, 0.15) is 0 Å². The second-order valence-electron chi connectivity index (χ2n) is 6.36. The summed E-state index contributed by atoms with van der Waals surface area (Å²) >= 11 is 0. The Balaban J connectivity index is 2.19. The van der Waals surface area contributed by atoms with Crippen molar-refractivity contribution in [3.8, 4) is 0 Å². The van der Waals surface area contributed by atoms with Crippen molar-refractivity contribution >= 4 is 0 Å². The molecule has 1 saturated heterocycles. The first-order valence-corrected chi connectivity index (χ1v) is 8.59. The maximum absolute atomic E-state index is 5.62. The van der Waals surface area contributed by atoms with Crippen LogP contribution in [-0.4, -0.2) is 55.9 Å². The summed E-state index contributed by atoms with van der Waals surface area (Å²) in [7, 11) is 0. The predicted molar refractivity (Wildman–Crippen MR) is 86.4 cm³/mol. The molecule has 21 heavy (non-hydrogen) atoms. The molecule has 2 rings (SSSR count). The topological polar surface area (TPSA) is 33.7 Å². The van der Waals surface area contributed by atoms with Gasteiger partial charge in [-0.25, -0.2) is 0 Å². The van der Waals surface area contributed by atoms with Crippen LogP contribution in [-0.2, 0) is 9.47 Å². The van der Waals surface area contributed by atoms with Crippen LogP contribution >= 0.6 is 0 Å². The van der Waals surface area contributed by atoms with Crippen LogP contribution in [0.15, 0.2) is 11.8 Å². The molecule has 1 fully saturated rings. The SMILES string of the molecule is CCCNC(C1=COCCC1)C(C)(CC)N1CCOCC1. The van der Waals surface area contributed by atoms with E-state index in [0.717, 1.165) is 65.1 Å². The van der Waals surface area contributed by atoms with E-state index in [1.165, 1.54) is 5.57 Å². The number of hydrogen-bond donors (Lipinski definition) is 1. The first kappa shape index (κ1) is 16.8. The number of ether oxygens (including phenoxy) is 2. The van der Waals surface area contributed by atoms with Gasteiger partial charge in [-0.2, -0.15) is 0 Å². The van der Waals surface area contributed by atoms with E-state index in [2.05, 4.69) is 31.0 Å². The Labute approximate surface area is 129 Å². The van der Waals surface area contributed by atoms with Crippen molar-refractivity contribution in [2.24, 2.45) is 0 Å². The Morgan fingerprint density at radius 2 is 2.05 bits per heavy atom. The summed E-state index contributed by atoms with van der Waals surface area (Å²) in [5, 5.41) is 3.80. The Morgan fingerprint density at radius 3 is 2.62 bits per heavy atom. The third-order valence-electron chi connectivity index (χ3n) is 5.00. The summed E-state index contributed by atoms with van der Waals surface area (Å²) in [6.07, 6.45) is 6.60. The lowest BCUT2D eigenvalue weighted by Crippen LogP contribution is -2.62. The Bertz CT molecular complexity index is 340. The van der Waals surface area contributed by atoms with Gasteiger partial charge >= 0.3 is 0 Å². The minimum absolute atomic E-state index is 0.130. The van der Waals surface area contributed by atoms with Crippen molar-refractivity contribution in [2.45, 2.75) is 58.0 Å². The van der Waals surface area contributed by atoms with Gasteiger partial charge in [0.25, 0.3) is 0 Å². The molecule has 2 heterocycles. The van der Waals surface area contributed by atoms with Gasteiger partial charge in [0.15, 0.2) is 0 Å². The molecule has 0 amide bonds. The predicted octanol–water partition coefficient (Wildman–Crippen LogP) is 2.55. The minimum Gasteiger partial charge on any atom is -0.501 e. The number of hydrogen-bond acceptors (Lipinski definition) is 4. The molecule has 0 saturated carbocycles. The quantitative estimate of drug-likeness (QED) is 0.783. The molecule has 0 aliphatic carbocycles. The number of nitrogens with one attached hydrogen (secondary N) is 1. The summed E-state index contributed by atoms with van der Waals surface area (Å²) in [5.74, 6) is 0. The highest BCUT2D eigenvalue weighted by Crippen LogP contribution is 2.32. The molecule has 122 valence electrons. The first-order chi connectivity index (χ1) is 10.2. The van der Waals surface area contributed by atoms with Gasteiger partial charge in [0.2, 0.25) is 0 Å². The van der Waals surface area contributed by atoms with Gasteiger partial charge in [0.05, 0.1) is 26.1 Å². The second-order valence-corrected chi connectivity index (χ2v) is 6.36. The maximum atomic E-state index is 5.62. The van der Waals surface area contributed by atoms with Crippen LogP contribution in [0.25, 0.3) is 0 Å². The summed E-state index contributed by atoms with van der Waals surface area (Å²) in [5.41, 5.74) is 1.57. The van der Waals surface area contributed by atoms with Crippen LogP contribution in [0.1, 0.15) is 46.5 Å². The van der Waals surface area contributed by atoms with Crippen LogP contribution in [0.5, 0.6) is 0 Å². The van der Waals surface area contributed by atoms with Crippen molar-refractivity contribution in [1.82, 2.24) is 10.2 Å². The number of nitrogens with zero attached hydrogens (tertiary/aromatic N) is 1. The average Bonchev–Trinajstić information content (AvgIpc) is 2.56. The van der Waals surface area contributed by atoms with Crippen LogP contribution in [0.4, 0.5) is 0 Å². The fourth-order valence-corrected chi connectivity index (χ4v) is 3.52. The van der Waals surface area contributed by atoms with Crippen molar-refractivity contribution < 1.29 is 9.47 Å². The molecule has 0 spiro atoms. The molecule has 0 aromatic carbocycles. The van der Waals surface area contributed by atoms with E-state index in [1.54, 1.807) is 0 Å². The largest absolute Gasteiger partial charge is 0.501 e. The zero-order valence-electron chi connectivity index (χ0n) is 14.0. The zero-order chi connectivity index (χ0) is 15.1. The Hall–Kier alpha value is -0.580. The van der Waals surface area contributed by atoms with E-state index in [0.29, 0.717) is 6.04 Å². The molecular formula is C17H32N2O2. The second kappa shape index (κ2) is 8.16. The molecule has 4 nitrogen and oxygen atoms in total. The highest BCUT2D eigenvalue weighted by atomic mass is 16.5. The minimum atomic E-state index is 0.130. The molecule has 2 atom stereocenters. The van der Waals surface area contributed by atoms with Gasteiger partial charge in [-0.3, -0.25) is 4.90 Å². The molecule has 2 unspecified atom stereocenters.